The van der Waals surface area contributed by atoms with Gasteiger partial charge in [-0.3, -0.25) is 4.90 Å². The molecule has 0 saturated carbocycles. The molecule has 0 N–H and O–H groups in total. The van der Waals surface area contributed by atoms with Gasteiger partial charge in [0.05, 0.1) is 34.5 Å². The summed E-state index contributed by atoms with van der Waals surface area (Å²) in [5.74, 6) is 3.49. The Balaban J connectivity index is 0.989. The molecule has 0 unspecified atom stereocenters. The van der Waals surface area contributed by atoms with Crippen molar-refractivity contribution in [2.45, 2.75) is 63.8 Å². The van der Waals surface area contributed by atoms with Gasteiger partial charge in [0.1, 0.15) is 0 Å². The smallest absolute Gasteiger partial charge is 0.207 e. The van der Waals surface area contributed by atoms with Gasteiger partial charge < -0.3 is 23.8 Å². The molecule has 3 aromatic carbocycles. The summed E-state index contributed by atoms with van der Waals surface area (Å²) in [5, 5.41) is 0. The van der Waals surface area contributed by atoms with E-state index in [2.05, 4.69) is 70.5 Å². The van der Waals surface area contributed by atoms with Gasteiger partial charge in [-0.1, -0.05) is 92.8 Å². The monoisotopic (exact) mass is 600 g/mol. The van der Waals surface area contributed by atoms with Crippen molar-refractivity contribution >= 4 is 0 Å². The zero-order valence-corrected chi connectivity index (χ0v) is 27.4. The second kappa shape index (κ2) is 16.2. The summed E-state index contributed by atoms with van der Waals surface area (Å²) in [6.07, 6.45) is 11.2. The van der Waals surface area contributed by atoms with Crippen LogP contribution in [0.3, 0.4) is 0 Å². The third kappa shape index (κ3) is 7.52. The van der Waals surface area contributed by atoms with Crippen LogP contribution in [0.4, 0.5) is 0 Å². The molecule has 3 aromatic rings. The fraction of sp³-hybridized carbons (Fsp3) is 0.526. The minimum absolute atomic E-state index is 0.340. The van der Waals surface area contributed by atoms with Crippen molar-refractivity contribution in [2.24, 2.45) is 5.92 Å². The molecule has 0 aromatic heterocycles. The van der Waals surface area contributed by atoms with Crippen molar-refractivity contribution < 1.29 is 18.9 Å². The Morgan fingerprint density at radius 3 is 1.50 bits per heavy atom. The predicted octanol–water partition coefficient (Wildman–Crippen LogP) is 7.57. The normalized spacial score (nSPS) is 15.8. The second-order valence-corrected chi connectivity index (χ2v) is 12.4. The molecule has 1 aliphatic carbocycles. The highest BCUT2D eigenvalue weighted by atomic mass is 16.5. The van der Waals surface area contributed by atoms with E-state index in [-0.39, 0.29) is 0 Å². The van der Waals surface area contributed by atoms with E-state index in [4.69, 9.17) is 18.9 Å². The van der Waals surface area contributed by atoms with E-state index < -0.39 is 0 Å². The van der Waals surface area contributed by atoms with Crippen molar-refractivity contribution in [3.8, 4) is 23.0 Å². The van der Waals surface area contributed by atoms with Crippen LogP contribution in [0.2, 0.25) is 0 Å². The van der Waals surface area contributed by atoms with Crippen LogP contribution in [-0.4, -0.2) is 71.0 Å². The lowest BCUT2D eigenvalue weighted by Crippen LogP contribution is -2.48. The molecule has 0 atom stereocenters. The molecule has 0 amide bonds. The van der Waals surface area contributed by atoms with Gasteiger partial charge in [0.15, 0.2) is 11.5 Å². The van der Waals surface area contributed by atoms with Crippen molar-refractivity contribution in [1.29, 1.82) is 0 Å². The maximum Gasteiger partial charge on any atom is 0.207 e. The molecular weight excluding hydrogens is 548 g/mol. The SMILES string of the molecule is COc1c2c(c(OC)c(OC)c1OC)CC(CCCCCCCCN1CCN(C(c3ccccc3)c3ccccc3)CC1)C2. The molecule has 2 aliphatic rings. The molecule has 0 radical (unpaired) electrons. The molecule has 0 spiro atoms. The average molecular weight is 601 g/mol. The van der Waals surface area contributed by atoms with Crippen LogP contribution in [0.15, 0.2) is 60.7 Å². The first kappa shape index (κ1) is 32.2. The summed E-state index contributed by atoms with van der Waals surface area (Å²) in [4.78, 5) is 5.34. The van der Waals surface area contributed by atoms with Gasteiger partial charge in [0.2, 0.25) is 11.5 Å². The van der Waals surface area contributed by atoms with Crippen molar-refractivity contribution in [2.75, 3.05) is 61.2 Å². The standard InChI is InChI=1S/C38H52N2O4/c1-41-35-32-27-29(28-33(32)36(42-2)38(44-4)37(35)43-3)17-11-7-5-6-8-16-22-39-23-25-40(26-24-39)34(30-18-12-9-13-19-30)31-20-14-10-15-21-31/h9-10,12-15,18-21,29,34H,5-8,11,16-17,22-28H2,1-4H3. The number of benzene rings is 3. The Morgan fingerprint density at radius 1 is 0.568 bits per heavy atom. The van der Waals surface area contributed by atoms with Gasteiger partial charge in [-0.15, -0.1) is 0 Å². The van der Waals surface area contributed by atoms with Crippen molar-refractivity contribution in [3.63, 3.8) is 0 Å². The highest BCUT2D eigenvalue weighted by molar-refractivity contribution is 5.68. The van der Waals surface area contributed by atoms with E-state index in [1.165, 1.54) is 73.7 Å². The summed E-state index contributed by atoms with van der Waals surface area (Å²) in [5.41, 5.74) is 5.24. The largest absolute Gasteiger partial charge is 0.492 e. The van der Waals surface area contributed by atoms with Crippen molar-refractivity contribution in [1.82, 2.24) is 9.80 Å². The van der Waals surface area contributed by atoms with Crippen LogP contribution >= 0.6 is 0 Å². The third-order valence-electron chi connectivity index (χ3n) is 9.67. The van der Waals surface area contributed by atoms with Crippen LogP contribution in [0.1, 0.15) is 73.2 Å². The van der Waals surface area contributed by atoms with Crippen LogP contribution < -0.4 is 18.9 Å². The summed E-state index contributed by atoms with van der Waals surface area (Å²) >= 11 is 0. The number of nitrogens with zero attached hydrogens (tertiary/aromatic N) is 2. The van der Waals surface area contributed by atoms with E-state index in [9.17, 15) is 0 Å². The summed E-state index contributed by atoms with van der Waals surface area (Å²) in [6.45, 7) is 5.79. The molecule has 6 nitrogen and oxygen atoms in total. The lowest BCUT2D eigenvalue weighted by atomic mass is 9.96. The van der Waals surface area contributed by atoms with E-state index in [0.717, 1.165) is 50.5 Å². The maximum atomic E-state index is 5.78. The number of hydrogen-bond acceptors (Lipinski definition) is 6. The number of methoxy groups -OCH3 is 4. The molecule has 1 heterocycles. The van der Waals surface area contributed by atoms with Gasteiger partial charge >= 0.3 is 0 Å². The minimum atomic E-state index is 0.340. The zero-order valence-electron chi connectivity index (χ0n) is 27.4. The van der Waals surface area contributed by atoms with Crippen molar-refractivity contribution in [3.05, 3.63) is 82.9 Å². The Hall–Kier alpha value is -3.22. The predicted molar refractivity (Wildman–Crippen MR) is 179 cm³/mol. The van der Waals surface area contributed by atoms with Crippen LogP contribution in [0.5, 0.6) is 23.0 Å². The van der Waals surface area contributed by atoms with Gasteiger partial charge in [0.25, 0.3) is 0 Å². The van der Waals surface area contributed by atoms with Crippen LogP contribution in [-0.2, 0) is 12.8 Å². The van der Waals surface area contributed by atoms with Gasteiger partial charge in [-0.2, -0.15) is 0 Å². The van der Waals surface area contributed by atoms with Crippen LogP contribution in [0, 0.1) is 5.92 Å². The molecule has 5 rings (SSSR count). The highest BCUT2D eigenvalue weighted by Gasteiger charge is 2.34. The lowest BCUT2D eigenvalue weighted by molar-refractivity contribution is 0.108. The van der Waals surface area contributed by atoms with E-state index >= 15 is 0 Å². The average Bonchev–Trinajstić information content (AvgIpc) is 3.50. The summed E-state index contributed by atoms with van der Waals surface area (Å²) in [6, 6.07) is 22.3. The zero-order chi connectivity index (χ0) is 30.7. The summed E-state index contributed by atoms with van der Waals surface area (Å²) < 4.78 is 22.9. The molecule has 0 bridgehead atoms. The van der Waals surface area contributed by atoms with Gasteiger partial charge in [0, 0.05) is 37.3 Å². The van der Waals surface area contributed by atoms with E-state index in [1.807, 2.05) is 0 Å². The number of rotatable bonds is 16. The first-order chi connectivity index (χ1) is 21.7. The first-order valence-electron chi connectivity index (χ1n) is 16.6. The number of fused-ring (bicyclic) bond motifs is 1. The molecule has 44 heavy (non-hydrogen) atoms. The summed E-state index contributed by atoms with van der Waals surface area (Å²) in [7, 11) is 6.75. The molecular formula is C38H52N2O4. The molecule has 6 heteroatoms. The molecule has 238 valence electrons. The molecule has 1 saturated heterocycles. The Kier molecular flexibility index (Phi) is 11.8. The topological polar surface area (TPSA) is 43.4 Å². The van der Waals surface area contributed by atoms with E-state index in [0.29, 0.717) is 23.5 Å². The number of hydrogen-bond donors (Lipinski definition) is 0. The number of unbranched alkanes of at least 4 members (excludes halogenated alkanes) is 5. The third-order valence-corrected chi connectivity index (χ3v) is 9.67. The highest BCUT2D eigenvalue weighted by Crippen LogP contribution is 2.53. The minimum Gasteiger partial charge on any atom is -0.492 e. The fourth-order valence-electron chi connectivity index (χ4n) is 7.45. The second-order valence-electron chi connectivity index (χ2n) is 12.4. The Labute approximate surface area is 265 Å². The maximum absolute atomic E-state index is 5.78. The first-order valence-corrected chi connectivity index (χ1v) is 16.6. The Morgan fingerprint density at radius 2 is 1.02 bits per heavy atom. The number of piperazine rings is 1. The molecule has 1 fully saturated rings. The quantitative estimate of drug-likeness (QED) is 0.158. The fourth-order valence-corrected chi connectivity index (χ4v) is 7.45. The van der Waals surface area contributed by atoms with Crippen LogP contribution in [0.25, 0.3) is 0 Å². The van der Waals surface area contributed by atoms with Gasteiger partial charge in [-0.25, -0.2) is 0 Å². The molecule has 1 aliphatic heterocycles. The Bertz CT molecular complexity index is 1210. The van der Waals surface area contributed by atoms with Gasteiger partial charge in [-0.05, 0) is 49.3 Å². The number of ether oxygens (including phenoxy) is 4. The lowest BCUT2D eigenvalue weighted by Gasteiger charge is -2.39. The van der Waals surface area contributed by atoms with E-state index in [1.54, 1.807) is 28.4 Å².